The van der Waals surface area contributed by atoms with Gasteiger partial charge in [-0.15, -0.1) is 0 Å². The first kappa shape index (κ1) is 10.0. The third-order valence-electron chi connectivity index (χ3n) is 3.03. The van der Waals surface area contributed by atoms with E-state index in [0.29, 0.717) is 12.5 Å². The fraction of sp³-hybridized carbons (Fsp3) is 0.417. The van der Waals surface area contributed by atoms with Gasteiger partial charge in [0, 0.05) is 6.54 Å². The van der Waals surface area contributed by atoms with Gasteiger partial charge in [-0.05, 0) is 36.3 Å². The summed E-state index contributed by atoms with van der Waals surface area (Å²) in [6.07, 6.45) is 2.26. The molecule has 1 aliphatic rings. The number of benzene rings is 1. The van der Waals surface area contributed by atoms with Crippen LogP contribution >= 0.6 is 0 Å². The molecule has 0 bridgehead atoms. The van der Waals surface area contributed by atoms with E-state index in [-0.39, 0.29) is 0 Å². The number of amides is 1. The molecule has 1 aromatic rings. The van der Waals surface area contributed by atoms with Crippen LogP contribution in [0.3, 0.4) is 0 Å². The minimum atomic E-state index is -0.929. The number of hydrogen-bond donors (Lipinski definition) is 2. The Balaban J connectivity index is 1.93. The maximum Gasteiger partial charge on any atom is 0.404 e. The van der Waals surface area contributed by atoms with Crippen LogP contribution in [0.5, 0.6) is 0 Å². The van der Waals surface area contributed by atoms with Gasteiger partial charge in [0.2, 0.25) is 0 Å². The molecule has 2 rings (SSSR count). The van der Waals surface area contributed by atoms with Gasteiger partial charge >= 0.3 is 6.09 Å². The molecule has 1 amide bonds. The van der Waals surface area contributed by atoms with Crippen molar-refractivity contribution in [1.29, 1.82) is 0 Å². The smallest absolute Gasteiger partial charge is 0.404 e. The van der Waals surface area contributed by atoms with Crippen LogP contribution in [-0.4, -0.2) is 17.7 Å². The Kier molecular flexibility index (Phi) is 2.90. The lowest BCUT2D eigenvalue weighted by Crippen LogP contribution is -2.23. The van der Waals surface area contributed by atoms with Gasteiger partial charge in [-0.2, -0.15) is 0 Å². The SMILES string of the molecule is O=C(O)NCCC1CCc2ccccc21. The van der Waals surface area contributed by atoms with Crippen LogP contribution in [0.4, 0.5) is 4.79 Å². The maximum atomic E-state index is 10.3. The zero-order valence-corrected chi connectivity index (χ0v) is 8.57. The number of hydrogen-bond acceptors (Lipinski definition) is 1. The van der Waals surface area contributed by atoms with Crippen LogP contribution in [0.15, 0.2) is 24.3 Å². The first-order valence-electron chi connectivity index (χ1n) is 5.32. The molecule has 0 fully saturated rings. The number of fused-ring (bicyclic) bond motifs is 1. The zero-order chi connectivity index (χ0) is 10.7. The lowest BCUT2D eigenvalue weighted by atomic mass is 9.98. The second-order valence-electron chi connectivity index (χ2n) is 3.96. The Morgan fingerprint density at radius 1 is 1.47 bits per heavy atom. The van der Waals surface area contributed by atoms with E-state index >= 15 is 0 Å². The molecule has 3 nitrogen and oxygen atoms in total. The van der Waals surface area contributed by atoms with Gasteiger partial charge in [-0.1, -0.05) is 24.3 Å². The second kappa shape index (κ2) is 4.34. The van der Waals surface area contributed by atoms with Crippen molar-refractivity contribution in [3.8, 4) is 0 Å². The normalized spacial score (nSPS) is 18.5. The predicted molar refractivity (Wildman–Crippen MR) is 58.1 cm³/mol. The molecular formula is C12H15NO2. The third kappa shape index (κ3) is 2.29. The van der Waals surface area contributed by atoms with E-state index in [2.05, 4.69) is 29.6 Å². The maximum absolute atomic E-state index is 10.3. The summed E-state index contributed by atoms with van der Waals surface area (Å²) in [5.74, 6) is 0.535. The van der Waals surface area contributed by atoms with Crippen LogP contribution in [0.2, 0.25) is 0 Å². The molecule has 3 heteroatoms. The standard InChI is InChI=1S/C12H15NO2/c14-12(15)13-8-7-10-6-5-9-3-1-2-4-11(9)10/h1-4,10,13H,5-8H2,(H,14,15). The Bertz CT molecular complexity index is 362. The zero-order valence-electron chi connectivity index (χ0n) is 8.57. The quantitative estimate of drug-likeness (QED) is 0.795. The molecule has 0 aromatic heterocycles. The third-order valence-corrected chi connectivity index (χ3v) is 3.03. The predicted octanol–water partition coefficient (Wildman–Crippen LogP) is 2.37. The number of carbonyl (C=O) groups is 1. The number of rotatable bonds is 3. The molecule has 1 atom stereocenters. The largest absolute Gasteiger partial charge is 0.465 e. The summed E-state index contributed by atoms with van der Waals surface area (Å²) >= 11 is 0. The van der Waals surface area contributed by atoms with E-state index in [4.69, 9.17) is 5.11 Å². The van der Waals surface area contributed by atoms with E-state index < -0.39 is 6.09 Å². The Morgan fingerprint density at radius 3 is 3.07 bits per heavy atom. The monoisotopic (exact) mass is 205 g/mol. The summed E-state index contributed by atoms with van der Waals surface area (Å²) in [6, 6.07) is 8.45. The lowest BCUT2D eigenvalue weighted by molar-refractivity contribution is 0.194. The summed E-state index contributed by atoms with van der Waals surface area (Å²) in [6.45, 7) is 0.550. The summed E-state index contributed by atoms with van der Waals surface area (Å²) < 4.78 is 0. The molecule has 0 saturated carbocycles. The molecular weight excluding hydrogens is 190 g/mol. The fourth-order valence-corrected chi connectivity index (χ4v) is 2.30. The van der Waals surface area contributed by atoms with Crippen LogP contribution in [0, 0.1) is 0 Å². The van der Waals surface area contributed by atoms with E-state index in [9.17, 15) is 4.79 Å². The van der Waals surface area contributed by atoms with Crippen molar-refractivity contribution < 1.29 is 9.90 Å². The first-order chi connectivity index (χ1) is 7.27. The Morgan fingerprint density at radius 2 is 2.27 bits per heavy atom. The minimum Gasteiger partial charge on any atom is -0.465 e. The van der Waals surface area contributed by atoms with Crippen molar-refractivity contribution in [2.75, 3.05) is 6.54 Å². The summed E-state index contributed by atoms with van der Waals surface area (Å²) in [4.78, 5) is 10.3. The van der Waals surface area contributed by atoms with Gasteiger partial charge in [0.1, 0.15) is 0 Å². The van der Waals surface area contributed by atoms with E-state index in [1.807, 2.05) is 0 Å². The molecule has 15 heavy (non-hydrogen) atoms. The number of aryl methyl sites for hydroxylation is 1. The average molecular weight is 205 g/mol. The molecule has 2 N–H and O–H groups in total. The average Bonchev–Trinajstić information content (AvgIpc) is 2.62. The van der Waals surface area contributed by atoms with Gasteiger partial charge in [-0.3, -0.25) is 0 Å². The van der Waals surface area contributed by atoms with Crippen LogP contribution in [-0.2, 0) is 6.42 Å². The van der Waals surface area contributed by atoms with Crippen molar-refractivity contribution >= 4 is 6.09 Å². The van der Waals surface area contributed by atoms with Gasteiger partial charge < -0.3 is 10.4 Å². The molecule has 1 aromatic carbocycles. The topological polar surface area (TPSA) is 49.3 Å². The highest BCUT2D eigenvalue weighted by molar-refractivity contribution is 5.64. The molecule has 0 heterocycles. The van der Waals surface area contributed by atoms with Crippen molar-refractivity contribution in [1.82, 2.24) is 5.32 Å². The van der Waals surface area contributed by atoms with Crippen molar-refractivity contribution in [3.63, 3.8) is 0 Å². The molecule has 1 aliphatic carbocycles. The van der Waals surface area contributed by atoms with Crippen molar-refractivity contribution in [2.45, 2.75) is 25.2 Å². The highest BCUT2D eigenvalue weighted by atomic mass is 16.4. The van der Waals surface area contributed by atoms with E-state index in [0.717, 1.165) is 19.3 Å². The van der Waals surface area contributed by atoms with Crippen LogP contribution in [0.25, 0.3) is 0 Å². The van der Waals surface area contributed by atoms with Crippen molar-refractivity contribution in [2.24, 2.45) is 0 Å². The molecule has 80 valence electrons. The second-order valence-corrected chi connectivity index (χ2v) is 3.96. The lowest BCUT2D eigenvalue weighted by Gasteiger charge is -2.10. The summed E-state index contributed by atoms with van der Waals surface area (Å²) in [5.41, 5.74) is 2.84. The Hall–Kier alpha value is -1.51. The van der Waals surface area contributed by atoms with Crippen LogP contribution in [0.1, 0.15) is 29.9 Å². The number of nitrogens with one attached hydrogen (secondary N) is 1. The van der Waals surface area contributed by atoms with Gasteiger partial charge in [-0.25, -0.2) is 4.79 Å². The molecule has 1 unspecified atom stereocenters. The first-order valence-corrected chi connectivity index (χ1v) is 5.32. The van der Waals surface area contributed by atoms with Crippen molar-refractivity contribution in [3.05, 3.63) is 35.4 Å². The van der Waals surface area contributed by atoms with E-state index in [1.54, 1.807) is 0 Å². The van der Waals surface area contributed by atoms with Gasteiger partial charge in [0.15, 0.2) is 0 Å². The van der Waals surface area contributed by atoms with Gasteiger partial charge in [0.25, 0.3) is 0 Å². The molecule has 0 saturated heterocycles. The molecule has 0 aliphatic heterocycles. The summed E-state index contributed by atoms with van der Waals surface area (Å²) in [7, 11) is 0. The molecule has 0 radical (unpaired) electrons. The highest BCUT2D eigenvalue weighted by Gasteiger charge is 2.21. The van der Waals surface area contributed by atoms with Gasteiger partial charge in [0.05, 0.1) is 0 Å². The van der Waals surface area contributed by atoms with Crippen LogP contribution < -0.4 is 5.32 Å². The summed E-state index contributed by atoms with van der Waals surface area (Å²) in [5, 5.41) is 10.9. The Labute approximate surface area is 89.1 Å². The minimum absolute atomic E-state index is 0.535. The number of carboxylic acid groups (broad SMARTS) is 1. The fourth-order valence-electron chi connectivity index (χ4n) is 2.30. The highest BCUT2D eigenvalue weighted by Crippen LogP contribution is 2.34. The molecule has 0 spiro atoms. The van der Waals surface area contributed by atoms with E-state index in [1.165, 1.54) is 11.1 Å².